The fourth-order valence-corrected chi connectivity index (χ4v) is 3.98. The molecule has 0 fully saturated rings. The Labute approximate surface area is 174 Å². The van der Waals surface area contributed by atoms with Crippen LogP contribution >= 0.6 is 11.3 Å². The molecule has 0 unspecified atom stereocenters. The van der Waals surface area contributed by atoms with Crippen LogP contribution < -0.4 is 10.6 Å². The zero-order valence-corrected chi connectivity index (χ0v) is 17.2. The maximum Gasteiger partial charge on any atom is 0.341 e. The summed E-state index contributed by atoms with van der Waals surface area (Å²) < 4.78 is 5.23. The number of carbonyl (C=O) groups is 2. The SMILES string of the molecule is CCOC(=O)c1c(-c2ccccc2)csc1NC(=O)C[NH2+]CCc1ccccc1. The summed E-state index contributed by atoms with van der Waals surface area (Å²) >= 11 is 1.34. The van der Waals surface area contributed by atoms with Gasteiger partial charge in [0.05, 0.1) is 13.2 Å². The normalized spacial score (nSPS) is 10.5. The highest BCUT2D eigenvalue weighted by Gasteiger charge is 2.22. The van der Waals surface area contributed by atoms with Crippen molar-refractivity contribution >= 4 is 28.2 Å². The van der Waals surface area contributed by atoms with Crippen LogP contribution in [0.1, 0.15) is 22.8 Å². The van der Waals surface area contributed by atoms with Crippen LogP contribution in [0.25, 0.3) is 11.1 Å². The average molecular weight is 410 g/mol. The maximum absolute atomic E-state index is 12.5. The molecule has 3 aromatic rings. The molecule has 5 nitrogen and oxygen atoms in total. The van der Waals surface area contributed by atoms with Gasteiger partial charge >= 0.3 is 5.97 Å². The van der Waals surface area contributed by atoms with E-state index < -0.39 is 5.97 Å². The maximum atomic E-state index is 12.5. The number of amides is 1. The topological polar surface area (TPSA) is 72.0 Å². The van der Waals surface area contributed by atoms with Gasteiger partial charge in [0.25, 0.3) is 5.91 Å². The van der Waals surface area contributed by atoms with E-state index >= 15 is 0 Å². The number of thiophene rings is 1. The van der Waals surface area contributed by atoms with Gasteiger partial charge in [-0.1, -0.05) is 60.7 Å². The average Bonchev–Trinajstić information content (AvgIpc) is 3.16. The summed E-state index contributed by atoms with van der Waals surface area (Å²) in [5.41, 5.74) is 3.36. The van der Waals surface area contributed by atoms with Crippen LogP contribution in [0.15, 0.2) is 66.0 Å². The van der Waals surface area contributed by atoms with Gasteiger partial charge in [0, 0.05) is 17.4 Å². The summed E-state index contributed by atoms with van der Waals surface area (Å²) in [5, 5.41) is 7.27. The minimum Gasteiger partial charge on any atom is -0.462 e. The Kier molecular flexibility index (Phi) is 7.55. The van der Waals surface area contributed by atoms with E-state index in [4.69, 9.17) is 4.74 Å². The summed E-state index contributed by atoms with van der Waals surface area (Å²) in [4.78, 5) is 25.0. The van der Waals surface area contributed by atoms with Gasteiger partial charge in [-0.15, -0.1) is 11.3 Å². The van der Waals surface area contributed by atoms with Crippen LogP contribution in [0.2, 0.25) is 0 Å². The van der Waals surface area contributed by atoms with E-state index in [1.807, 2.05) is 59.2 Å². The van der Waals surface area contributed by atoms with Crippen molar-refractivity contribution in [2.75, 3.05) is 25.0 Å². The van der Waals surface area contributed by atoms with Crippen molar-refractivity contribution in [3.8, 4) is 11.1 Å². The van der Waals surface area contributed by atoms with E-state index in [2.05, 4.69) is 17.4 Å². The highest BCUT2D eigenvalue weighted by atomic mass is 32.1. The third-order valence-electron chi connectivity index (χ3n) is 4.42. The Morgan fingerprint density at radius 3 is 2.41 bits per heavy atom. The molecule has 29 heavy (non-hydrogen) atoms. The Balaban J connectivity index is 1.64. The molecule has 3 rings (SSSR count). The second-order valence-electron chi connectivity index (χ2n) is 6.51. The van der Waals surface area contributed by atoms with Gasteiger partial charge in [-0.05, 0) is 18.1 Å². The highest BCUT2D eigenvalue weighted by Crippen LogP contribution is 2.36. The molecule has 0 saturated carbocycles. The van der Waals surface area contributed by atoms with Crippen molar-refractivity contribution in [2.24, 2.45) is 0 Å². The molecule has 6 heteroatoms. The predicted octanol–water partition coefficient (Wildman–Crippen LogP) is 3.34. The standard InChI is InChI=1S/C23H24N2O3S/c1-2-28-23(27)21-19(18-11-7-4-8-12-18)16-29-22(21)25-20(26)15-24-14-13-17-9-5-3-6-10-17/h3-12,16,24H,2,13-15H2,1H3,(H,25,26)/p+1. The summed E-state index contributed by atoms with van der Waals surface area (Å²) in [5.74, 6) is -0.555. The van der Waals surface area contributed by atoms with Gasteiger partial charge in [0.1, 0.15) is 10.6 Å². The van der Waals surface area contributed by atoms with E-state index in [1.165, 1.54) is 16.9 Å². The number of nitrogens with one attached hydrogen (secondary N) is 1. The minimum absolute atomic E-state index is 0.134. The molecule has 1 amide bonds. The van der Waals surface area contributed by atoms with E-state index in [1.54, 1.807) is 6.92 Å². The Bertz CT molecular complexity index is 939. The lowest BCUT2D eigenvalue weighted by atomic mass is 10.0. The molecule has 0 aliphatic rings. The fourth-order valence-electron chi connectivity index (χ4n) is 3.01. The molecule has 1 aromatic heterocycles. The van der Waals surface area contributed by atoms with Crippen LogP contribution in [-0.4, -0.2) is 31.6 Å². The Morgan fingerprint density at radius 1 is 1.03 bits per heavy atom. The van der Waals surface area contributed by atoms with Crippen molar-refractivity contribution in [1.82, 2.24) is 0 Å². The first kappa shape index (κ1) is 20.8. The van der Waals surface area contributed by atoms with E-state index in [0.29, 0.717) is 17.1 Å². The first-order valence-corrected chi connectivity index (χ1v) is 10.6. The minimum atomic E-state index is -0.420. The molecule has 1 heterocycles. The van der Waals surface area contributed by atoms with Crippen LogP contribution in [0.3, 0.4) is 0 Å². The van der Waals surface area contributed by atoms with Crippen molar-refractivity contribution < 1.29 is 19.6 Å². The van der Waals surface area contributed by atoms with E-state index in [-0.39, 0.29) is 12.5 Å². The van der Waals surface area contributed by atoms with Gasteiger partial charge in [-0.2, -0.15) is 0 Å². The van der Waals surface area contributed by atoms with Crippen LogP contribution in [-0.2, 0) is 16.0 Å². The van der Waals surface area contributed by atoms with Crippen LogP contribution in [0.5, 0.6) is 0 Å². The highest BCUT2D eigenvalue weighted by molar-refractivity contribution is 7.15. The van der Waals surface area contributed by atoms with Gasteiger partial charge in [-0.3, -0.25) is 4.79 Å². The molecule has 0 bridgehead atoms. The van der Waals surface area contributed by atoms with Crippen molar-refractivity contribution in [3.63, 3.8) is 0 Å². The zero-order chi connectivity index (χ0) is 20.5. The first-order valence-electron chi connectivity index (χ1n) is 9.68. The number of esters is 1. The van der Waals surface area contributed by atoms with Gasteiger partial charge in [0.2, 0.25) is 0 Å². The number of quaternary nitrogens is 1. The smallest absolute Gasteiger partial charge is 0.341 e. The van der Waals surface area contributed by atoms with Crippen molar-refractivity contribution in [1.29, 1.82) is 0 Å². The fraction of sp³-hybridized carbons (Fsp3) is 0.217. The number of nitrogens with two attached hydrogens (primary N) is 1. The third kappa shape index (κ3) is 5.76. The number of carbonyl (C=O) groups excluding carboxylic acids is 2. The molecule has 0 spiro atoms. The quantitative estimate of drug-likeness (QED) is 0.421. The molecule has 3 N–H and O–H groups in total. The second-order valence-corrected chi connectivity index (χ2v) is 7.38. The van der Waals surface area contributed by atoms with Crippen LogP contribution in [0.4, 0.5) is 5.00 Å². The van der Waals surface area contributed by atoms with Gasteiger partial charge in [0.15, 0.2) is 6.54 Å². The molecular weight excluding hydrogens is 384 g/mol. The number of ether oxygens (including phenoxy) is 1. The molecule has 2 aromatic carbocycles. The second kappa shape index (κ2) is 10.5. The molecule has 0 atom stereocenters. The molecule has 0 radical (unpaired) electrons. The van der Waals surface area contributed by atoms with Crippen molar-refractivity contribution in [2.45, 2.75) is 13.3 Å². The predicted molar refractivity (Wildman–Crippen MR) is 116 cm³/mol. The van der Waals surface area contributed by atoms with Crippen molar-refractivity contribution in [3.05, 3.63) is 77.2 Å². The van der Waals surface area contributed by atoms with Crippen LogP contribution in [0, 0.1) is 0 Å². The lowest BCUT2D eigenvalue weighted by Crippen LogP contribution is -2.86. The first-order chi connectivity index (χ1) is 14.2. The summed E-state index contributed by atoms with van der Waals surface area (Å²) in [6.07, 6.45) is 0.902. The van der Waals surface area contributed by atoms with Gasteiger partial charge in [-0.25, -0.2) is 4.79 Å². The summed E-state index contributed by atoms with van der Waals surface area (Å²) in [6.45, 7) is 3.17. The lowest BCUT2D eigenvalue weighted by Gasteiger charge is -2.08. The number of hydrogen-bond donors (Lipinski definition) is 2. The number of hydrogen-bond acceptors (Lipinski definition) is 4. The molecule has 0 saturated heterocycles. The third-order valence-corrected chi connectivity index (χ3v) is 5.31. The van der Waals surface area contributed by atoms with E-state index in [9.17, 15) is 9.59 Å². The summed E-state index contributed by atoms with van der Waals surface area (Å²) in [7, 11) is 0. The lowest BCUT2D eigenvalue weighted by molar-refractivity contribution is -0.643. The Hall–Kier alpha value is -2.96. The zero-order valence-electron chi connectivity index (χ0n) is 16.4. The Morgan fingerprint density at radius 2 is 1.72 bits per heavy atom. The number of anilines is 1. The monoisotopic (exact) mass is 409 g/mol. The molecule has 150 valence electrons. The molecule has 0 aliphatic carbocycles. The molecule has 0 aliphatic heterocycles. The number of rotatable bonds is 9. The molecular formula is C23H25N2O3S+. The van der Waals surface area contributed by atoms with Gasteiger partial charge < -0.3 is 15.4 Å². The van der Waals surface area contributed by atoms with E-state index in [0.717, 1.165) is 24.1 Å². The summed E-state index contributed by atoms with van der Waals surface area (Å²) in [6, 6.07) is 19.8. The number of benzene rings is 2. The largest absolute Gasteiger partial charge is 0.462 e.